The summed E-state index contributed by atoms with van der Waals surface area (Å²) in [7, 11) is 0. The number of para-hydroxylation sites is 2. The van der Waals surface area contributed by atoms with Gasteiger partial charge in [0.1, 0.15) is 11.6 Å². The van der Waals surface area contributed by atoms with Gasteiger partial charge in [0.15, 0.2) is 0 Å². The molecule has 144 valence electrons. The van der Waals surface area contributed by atoms with E-state index < -0.39 is 0 Å². The van der Waals surface area contributed by atoms with Crippen LogP contribution in [-0.2, 0) is 0 Å². The third-order valence-electron chi connectivity index (χ3n) is 4.19. The summed E-state index contributed by atoms with van der Waals surface area (Å²) in [6, 6.07) is 21.0. The Morgan fingerprint density at radius 2 is 1.64 bits per heavy atom. The first-order valence-electron chi connectivity index (χ1n) is 9.37. The molecule has 1 unspecified atom stereocenters. The number of anilines is 2. The van der Waals surface area contributed by atoms with Crippen molar-refractivity contribution in [3.8, 4) is 5.75 Å². The zero-order chi connectivity index (χ0) is 19.9. The molecule has 28 heavy (non-hydrogen) atoms. The third-order valence-corrected chi connectivity index (χ3v) is 4.19. The van der Waals surface area contributed by atoms with Crippen molar-refractivity contribution in [2.75, 3.05) is 5.32 Å². The van der Waals surface area contributed by atoms with Crippen LogP contribution in [0, 0.1) is 0 Å². The number of hydrogen-bond donors (Lipinski definition) is 2. The lowest BCUT2D eigenvalue weighted by Gasteiger charge is -2.16. The summed E-state index contributed by atoms with van der Waals surface area (Å²) in [5, 5.41) is 6.24. The maximum atomic E-state index is 12.5. The summed E-state index contributed by atoms with van der Waals surface area (Å²) in [5.74, 6) is 1.25. The van der Waals surface area contributed by atoms with Crippen molar-refractivity contribution in [1.82, 2.24) is 10.3 Å². The maximum absolute atomic E-state index is 12.5. The maximum Gasteiger partial charge on any atom is 0.253 e. The number of benzene rings is 2. The number of ether oxygens (including phenoxy) is 1. The highest BCUT2D eigenvalue weighted by Crippen LogP contribution is 2.27. The molecule has 2 N–H and O–H groups in total. The molecule has 0 fully saturated rings. The van der Waals surface area contributed by atoms with E-state index in [0.717, 1.165) is 17.0 Å². The fourth-order valence-corrected chi connectivity index (χ4v) is 2.77. The van der Waals surface area contributed by atoms with Gasteiger partial charge in [-0.3, -0.25) is 4.79 Å². The third kappa shape index (κ3) is 5.10. The Labute approximate surface area is 165 Å². The highest BCUT2D eigenvalue weighted by Gasteiger charge is 2.12. The second-order valence-electron chi connectivity index (χ2n) is 6.83. The van der Waals surface area contributed by atoms with Crippen molar-refractivity contribution in [2.24, 2.45) is 0 Å². The number of carbonyl (C=O) groups excluding carboxylic acids is 1. The van der Waals surface area contributed by atoms with Gasteiger partial charge < -0.3 is 15.4 Å². The number of amides is 1. The minimum Gasteiger partial charge on any atom is -0.489 e. The van der Waals surface area contributed by atoms with Crippen LogP contribution in [0.3, 0.4) is 0 Å². The van der Waals surface area contributed by atoms with Crippen LogP contribution in [0.2, 0.25) is 0 Å². The Morgan fingerprint density at radius 3 is 2.32 bits per heavy atom. The molecular formula is C23H25N3O2. The lowest BCUT2D eigenvalue weighted by molar-refractivity contribution is 0.0939. The van der Waals surface area contributed by atoms with Crippen molar-refractivity contribution in [1.29, 1.82) is 0 Å². The number of nitrogens with zero attached hydrogens (tertiary/aromatic N) is 1. The molecule has 5 heteroatoms. The molecular weight excluding hydrogens is 350 g/mol. The van der Waals surface area contributed by atoms with E-state index in [1.54, 1.807) is 18.3 Å². The largest absolute Gasteiger partial charge is 0.489 e. The van der Waals surface area contributed by atoms with Crippen molar-refractivity contribution in [3.63, 3.8) is 0 Å². The van der Waals surface area contributed by atoms with Gasteiger partial charge in [0, 0.05) is 6.20 Å². The Hall–Kier alpha value is -3.34. The van der Waals surface area contributed by atoms with Gasteiger partial charge in [-0.1, -0.05) is 42.5 Å². The van der Waals surface area contributed by atoms with Gasteiger partial charge in [-0.25, -0.2) is 4.98 Å². The van der Waals surface area contributed by atoms with Crippen LogP contribution >= 0.6 is 0 Å². The minimum absolute atomic E-state index is 0.0773. The number of rotatable bonds is 7. The van der Waals surface area contributed by atoms with Crippen LogP contribution < -0.4 is 15.4 Å². The van der Waals surface area contributed by atoms with Gasteiger partial charge >= 0.3 is 0 Å². The van der Waals surface area contributed by atoms with Crippen LogP contribution in [-0.4, -0.2) is 17.0 Å². The second kappa shape index (κ2) is 9.04. The van der Waals surface area contributed by atoms with E-state index in [0.29, 0.717) is 11.4 Å². The molecule has 0 aliphatic rings. The van der Waals surface area contributed by atoms with E-state index in [1.807, 2.05) is 75.4 Å². The van der Waals surface area contributed by atoms with Crippen LogP contribution in [0.5, 0.6) is 5.75 Å². The van der Waals surface area contributed by atoms with Crippen LogP contribution in [0.1, 0.15) is 42.7 Å². The van der Waals surface area contributed by atoms with Gasteiger partial charge in [-0.05, 0) is 50.6 Å². The van der Waals surface area contributed by atoms with E-state index in [1.165, 1.54) is 0 Å². The first kappa shape index (κ1) is 19.4. The number of carbonyl (C=O) groups is 1. The topological polar surface area (TPSA) is 63.2 Å². The second-order valence-corrected chi connectivity index (χ2v) is 6.83. The molecule has 1 heterocycles. The zero-order valence-electron chi connectivity index (χ0n) is 16.3. The predicted molar refractivity (Wildman–Crippen MR) is 112 cm³/mol. The minimum atomic E-state index is -0.154. The highest BCUT2D eigenvalue weighted by molar-refractivity contribution is 5.94. The molecule has 1 amide bonds. The number of aromatic nitrogens is 1. The van der Waals surface area contributed by atoms with Gasteiger partial charge in [-0.2, -0.15) is 0 Å². The molecule has 2 aromatic carbocycles. The fourth-order valence-electron chi connectivity index (χ4n) is 2.77. The van der Waals surface area contributed by atoms with E-state index >= 15 is 0 Å². The van der Waals surface area contributed by atoms with Crippen molar-refractivity contribution >= 4 is 17.4 Å². The Morgan fingerprint density at radius 1 is 0.929 bits per heavy atom. The molecule has 0 aliphatic heterocycles. The standard InChI is InChI=1S/C23H25N3O2/c1-16(2)28-21-12-8-7-11-20(21)26-22-14-13-19(15-24-22)23(27)25-17(3)18-9-5-4-6-10-18/h4-17H,1-3H3,(H,24,26)(H,25,27). The predicted octanol–water partition coefficient (Wildman–Crippen LogP) is 5.10. The highest BCUT2D eigenvalue weighted by atomic mass is 16.5. The Kier molecular flexibility index (Phi) is 6.27. The Bertz CT molecular complexity index is 909. The van der Waals surface area contributed by atoms with Gasteiger partial charge in [0.25, 0.3) is 5.91 Å². The van der Waals surface area contributed by atoms with E-state index in [4.69, 9.17) is 4.74 Å². The number of pyridine rings is 1. The summed E-state index contributed by atoms with van der Waals surface area (Å²) in [6.07, 6.45) is 1.65. The average molecular weight is 375 g/mol. The SMILES string of the molecule is CC(C)Oc1ccccc1Nc1ccc(C(=O)NC(C)c2ccccc2)cn1. The summed E-state index contributed by atoms with van der Waals surface area (Å²) >= 11 is 0. The lowest BCUT2D eigenvalue weighted by Crippen LogP contribution is -2.26. The monoisotopic (exact) mass is 375 g/mol. The summed E-state index contributed by atoms with van der Waals surface area (Å²) in [6.45, 7) is 5.93. The Balaban J connectivity index is 1.66. The molecule has 0 saturated carbocycles. The molecule has 1 aromatic heterocycles. The molecule has 0 spiro atoms. The van der Waals surface area contributed by atoms with Crippen molar-refractivity contribution in [3.05, 3.63) is 84.1 Å². The molecule has 0 saturated heterocycles. The lowest BCUT2D eigenvalue weighted by atomic mass is 10.1. The molecule has 3 rings (SSSR count). The van der Waals surface area contributed by atoms with Gasteiger partial charge in [-0.15, -0.1) is 0 Å². The smallest absolute Gasteiger partial charge is 0.253 e. The molecule has 1 atom stereocenters. The normalized spacial score (nSPS) is 11.7. The number of nitrogens with one attached hydrogen (secondary N) is 2. The van der Waals surface area contributed by atoms with Gasteiger partial charge in [0.05, 0.1) is 23.4 Å². The molecule has 5 nitrogen and oxygen atoms in total. The quantitative estimate of drug-likeness (QED) is 0.603. The first-order chi connectivity index (χ1) is 13.5. The van der Waals surface area contributed by atoms with Crippen LogP contribution in [0.15, 0.2) is 72.9 Å². The number of hydrogen-bond acceptors (Lipinski definition) is 4. The summed E-state index contributed by atoms with van der Waals surface area (Å²) in [5.41, 5.74) is 2.41. The summed E-state index contributed by atoms with van der Waals surface area (Å²) in [4.78, 5) is 16.8. The molecule has 0 radical (unpaired) electrons. The molecule has 3 aromatic rings. The van der Waals surface area contributed by atoms with E-state index in [9.17, 15) is 4.79 Å². The molecule has 0 bridgehead atoms. The molecule has 0 aliphatic carbocycles. The average Bonchev–Trinajstić information content (AvgIpc) is 2.70. The fraction of sp³-hybridized carbons (Fsp3) is 0.217. The van der Waals surface area contributed by atoms with Crippen molar-refractivity contribution in [2.45, 2.75) is 32.9 Å². The van der Waals surface area contributed by atoms with E-state index in [-0.39, 0.29) is 18.1 Å². The van der Waals surface area contributed by atoms with E-state index in [2.05, 4.69) is 15.6 Å². The first-order valence-corrected chi connectivity index (χ1v) is 9.37. The summed E-state index contributed by atoms with van der Waals surface area (Å²) < 4.78 is 5.81. The van der Waals surface area contributed by atoms with Crippen LogP contribution in [0.25, 0.3) is 0 Å². The van der Waals surface area contributed by atoms with Gasteiger partial charge in [0.2, 0.25) is 0 Å². The zero-order valence-corrected chi connectivity index (χ0v) is 16.3. The van der Waals surface area contributed by atoms with Crippen molar-refractivity contribution < 1.29 is 9.53 Å². The van der Waals surface area contributed by atoms with Crippen LogP contribution in [0.4, 0.5) is 11.5 Å².